The molecule has 0 saturated heterocycles. The van der Waals surface area contributed by atoms with Crippen LogP contribution in [0.3, 0.4) is 0 Å². The number of pyridine rings is 1. The summed E-state index contributed by atoms with van der Waals surface area (Å²) in [5.74, 6) is -0.635. The minimum atomic E-state index is -0.355. The fraction of sp³-hybridized carbons (Fsp3) is 0.519. The lowest BCUT2D eigenvalue weighted by molar-refractivity contribution is 0.0526. The third-order valence-electron chi connectivity index (χ3n) is 7.08. The normalized spacial score (nSPS) is 16.4. The molecule has 1 amide bonds. The Balaban J connectivity index is 1.49. The van der Waals surface area contributed by atoms with Crippen molar-refractivity contribution in [2.24, 2.45) is 0 Å². The highest BCUT2D eigenvalue weighted by molar-refractivity contribution is 7.21. The lowest BCUT2D eigenvalue weighted by Crippen LogP contribution is -2.15. The molecule has 0 aromatic carbocycles. The number of hydrogen-bond acceptors (Lipinski definition) is 7. The van der Waals surface area contributed by atoms with Gasteiger partial charge in [0.15, 0.2) is 0 Å². The minimum absolute atomic E-state index is 0.280. The second-order valence-corrected chi connectivity index (χ2v) is 11.6. The molecule has 0 unspecified atom stereocenters. The first-order valence-electron chi connectivity index (χ1n) is 12.9. The highest BCUT2D eigenvalue weighted by Crippen LogP contribution is 2.40. The van der Waals surface area contributed by atoms with E-state index in [1.165, 1.54) is 52.4 Å². The van der Waals surface area contributed by atoms with E-state index in [9.17, 15) is 9.59 Å². The maximum atomic E-state index is 13.5. The number of carbonyl (C=O) groups excluding carboxylic acids is 2. The number of nitrogen functional groups attached to an aromatic ring is 1. The Labute approximate surface area is 214 Å². The van der Waals surface area contributed by atoms with Crippen LogP contribution in [-0.4, -0.2) is 23.5 Å². The lowest BCUT2D eigenvalue weighted by Gasteiger charge is -2.12. The molecule has 0 radical (unpaired) electrons. The smallest absolute Gasteiger partial charge is 0.341 e. The van der Waals surface area contributed by atoms with Gasteiger partial charge in [-0.1, -0.05) is 25.7 Å². The second kappa shape index (κ2) is 10.7. The summed E-state index contributed by atoms with van der Waals surface area (Å²) in [5, 5.41) is 4.48. The van der Waals surface area contributed by atoms with E-state index in [0.717, 1.165) is 79.3 Å². The quantitative estimate of drug-likeness (QED) is 0.381. The number of rotatable bonds is 4. The molecule has 35 heavy (non-hydrogen) atoms. The predicted molar refractivity (Wildman–Crippen MR) is 144 cm³/mol. The topological polar surface area (TPSA) is 94.3 Å². The monoisotopic (exact) mass is 511 g/mol. The number of aryl methyl sites for hydroxylation is 3. The summed E-state index contributed by atoms with van der Waals surface area (Å²) in [5.41, 5.74) is 11.0. The zero-order chi connectivity index (χ0) is 24.4. The van der Waals surface area contributed by atoms with Gasteiger partial charge < -0.3 is 15.8 Å². The standard InChI is InChI=1S/C27H33N3O3S2/c1-2-33-27(32)21-17-12-8-4-6-10-14-20(17)34-26(21)30-24(31)23-22(28)18-15-16-11-7-3-5-9-13-19(16)29-25(18)35-23/h15H,2-14,28H2,1H3,(H,30,31). The molecule has 0 saturated carbocycles. The van der Waals surface area contributed by atoms with Crippen LogP contribution in [0.15, 0.2) is 6.07 Å². The number of fused-ring (bicyclic) bond motifs is 3. The molecule has 0 atom stereocenters. The zero-order valence-electron chi connectivity index (χ0n) is 20.3. The second-order valence-electron chi connectivity index (χ2n) is 9.50. The molecule has 0 fully saturated rings. The molecular formula is C27H33N3O3S2. The van der Waals surface area contributed by atoms with Gasteiger partial charge in [0, 0.05) is 16.0 Å². The number of nitrogens with zero attached hydrogens (tertiary/aromatic N) is 1. The van der Waals surface area contributed by atoms with Gasteiger partial charge in [0.2, 0.25) is 0 Å². The Morgan fingerprint density at radius 2 is 1.71 bits per heavy atom. The SMILES string of the molecule is CCOC(=O)c1c(NC(=O)c2sc3nc4c(cc3c2N)CCCCCC4)sc2c1CCCCCC2. The number of nitrogens with one attached hydrogen (secondary N) is 1. The van der Waals surface area contributed by atoms with Gasteiger partial charge in [0.25, 0.3) is 5.91 Å². The van der Waals surface area contributed by atoms with Gasteiger partial charge in [-0.25, -0.2) is 9.78 Å². The highest BCUT2D eigenvalue weighted by Gasteiger charge is 2.28. The Bertz CT molecular complexity index is 1260. The van der Waals surface area contributed by atoms with Gasteiger partial charge in [-0.2, -0.15) is 0 Å². The van der Waals surface area contributed by atoms with Crippen LogP contribution < -0.4 is 11.1 Å². The average Bonchev–Trinajstić information content (AvgIpc) is 3.30. The summed E-state index contributed by atoms with van der Waals surface area (Å²) in [6.07, 6.45) is 13.1. The third kappa shape index (κ3) is 4.96. The maximum Gasteiger partial charge on any atom is 0.341 e. The first kappa shape index (κ1) is 24.3. The number of hydrogen-bond donors (Lipinski definition) is 2. The molecule has 3 N–H and O–H groups in total. The summed E-state index contributed by atoms with van der Waals surface area (Å²) in [6, 6.07) is 2.15. The summed E-state index contributed by atoms with van der Waals surface area (Å²) < 4.78 is 5.39. The van der Waals surface area contributed by atoms with Crippen LogP contribution in [0, 0.1) is 0 Å². The minimum Gasteiger partial charge on any atom is -0.462 e. The Kier molecular flexibility index (Phi) is 7.39. The van der Waals surface area contributed by atoms with Gasteiger partial charge in [0.1, 0.15) is 14.7 Å². The fourth-order valence-electron chi connectivity index (χ4n) is 5.27. The van der Waals surface area contributed by atoms with Gasteiger partial charge in [-0.05, 0) is 75.5 Å². The highest BCUT2D eigenvalue weighted by atomic mass is 32.1. The number of esters is 1. The number of amides is 1. The van der Waals surface area contributed by atoms with Gasteiger partial charge >= 0.3 is 5.97 Å². The predicted octanol–water partition coefficient (Wildman–Crippen LogP) is 6.69. The first-order valence-corrected chi connectivity index (χ1v) is 14.5. The van der Waals surface area contributed by atoms with Gasteiger partial charge in [-0.15, -0.1) is 22.7 Å². The van der Waals surface area contributed by atoms with Crippen molar-refractivity contribution in [1.29, 1.82) is 0 Å². The largest absolute Gasteiger partial charge is 0.462 e. The van der Waals surface area contributed by atoms with Crippen molar-refractivity contribution in [3.05, 3.63) is 38.2 Å². The summed E-state index contributed by atoms with van der Waals surface area (Å²) in [6.45, 7) is 2.11. The molecule has 0 spiro atoms. The number of ether oxygens (including phenoxy) is 1. The van der Waals surface area contributed by atoms with Crippen LogP contribution >= 0.6 is 22.7 Å². The van der Waals surface area contributed by atoms with Crippen molar-refractivity contribution in [3.63, 3.8) is 0 Å². The fourth-order valence-corrected chi connectivity index (χ4v) is 7.53. The van der Waals surface area contributed by atoms with Gasteiger partial charge in [0.05, 0.1) is 17.9 Å². The maximum absolute atomic E-state index is 13.5. The Hall–Kier alpha value is -2.45. The van der Waals surface area contributed by atoms with Crippen LogP contribution in [0.2, 0.25) is 0 Å². The number of thiophene rings is 2. The van der Waals surface area contributed by atoms with Crippen LogP contribution in [0.25, 0.3) is 10.2 Å². The first-order chi connectivity index (χ1) is 17.1. The van der Waals surface area contributed by atoms with Crippen LogP contribution in [-0.2, 0) is 30.4 Å². The van der Waals surface area contributed by atoms with Crippen molar-refractivity contribution in [1.82, 2.24) is 4.98 Å². The van der Waals surface area contributed by atoms with Crippen LogP contribution in [0.5, 0.6) is 0 Å². The van der Waals surface area contributed by atoms with E-state index in [4.69, 9.17) is 15.5 Å². The van der Waals surface area contributed by atoms with Crippen molar-refractivity contribution in [2.75, 3.05) is 17.7 Å². The van der Waals surface area contributed by atoms with E-state index < -0.39 is 0 Å². The van der Waals surface area contributed by atoms with Crippen molar-refractivity contribution >= 4 is 55.5 Å². The van der Waals surface area contributed by atoms with Crippen LogP contribution in [0.4, 0.5) is 10.7 Å². The molecule has 0 bridgehead atoms. The van der Waals surface area contributed by atoms with Crippen molar-refractivity contribution < 1.29 is 14.3 Å². The third-order valence-corrected chi connectivity index (χ3v) is 9.40. The van der Waals surface area contributed by atoms with Crippen molar-refractivity contribution in [3.8, 4) is 0 Å². The number of carbonyl (C=O) groups is 2. The summed E-state index contributed by atoms with van der Waals surface area (Å²) in [7, 11) is 0. The van der Waals surface area contributed by atoms with E-state index in [2.05, 4.69) is 11.4 Å². The Morgan fingerprint density at radius 1 is 1.00 bits per heavy atom. The molecule has 5 rings (SSSR count). The Morgan fingerprint density at radius 3 is 2.49 bits per heavy atom. The molecule has 8 heteroatoms. The van der Waals surface area contributed by atoms with E-state index in [1.807, 2.05) is 0 Å². The number of nitrogens with two attached hydrogens (primary N) is 1. The van der Waals surface area contributed by atoms with E-state index >= 15 is 0 Å². The summed E-state index contributed by atoms with van der Waals surface area (Å²) >= 11 is 2.86. The zero-order valence-corrected chi connectivity index (χ0v) is 22.0. The van der Waals surface area contributed by atoms with E-state index in [-0.39, 0.29) is 11.9 Å². The molecule has 6 nitrogen and oxygen atoms in total. The van der Waals surface area contributed by atoms with Gasteiger partial charge in [-0.3, -0.25) is 4.79 Å². The van der Waals surface area contributed by atoms with E-state index in [1.54, 1.807) is 6.92 Å². The van der Waals surface area contributed by atoms with Crippen LogP contribution in [0.1, 0.15) is 100 Å². The molecule has 186 valence electrons. The van der Waals surface area contributed by atoms with Crippen molar-refractivity contribution in [2.45, 2.75) is 84.0 Å². The van der Waals surface area contributed by atoms with E-state index in [0.29, 0.717) is 27.7 Å². The molecule has 3 heterocycles. The number of aromatic nitrogens is 1. The number of anilines is 2. The molecular weight excluding hydrogens is 478 g/mol. The molecule has 2 aliphatic carbocycles. The average molecular weight is 512 g/mol. The lowest BCUT2D eigenvalue weighted by atomic mass is 9.96. The summed E-state index contributed by atoms with van der Waals surface area (Å²) in [4.78, 5) is 33.8. The molecule has 3 aromatic heterocycles. The molecule has 3 aromatic rings. The molecule has 0 aliphatic heterocycles. The molecule has 2 aliphatic rings.